The van der Waals surface area contributed by atoms with Gasteiger partial charge in [0.05, 0.1) is 6.61 Å². The molecule has 1 aromatic heterocycles. The van der Waals surface area contributed by atoms with E-state index in [0.717, 1.165) is 24.9 Å². The zero-order chi connectivity index (χ0) is 13.2. The first-order valence-corrected chi connectivity index (χ1v) is 7.14. The van der Waals surface area contributed by atoms with Crippen molar-refractivity contribution in [2.45, 2.75) is 32.6 Å². The van der Waals surface area contributed by atoms with Gasteiger partial charge in [-0.1, -0.05) is 0 Å². The third-order valence-electron chi connectivity index (χ3n) is 3.60. The molecular formula is C14H20N2O3. The summed E-state index contributed by atoms with van der Waals surface area (Å²) >= 11 is 0. The van der Waals surface area contributed by atoms with Crippen LogP contribution in [0.1, 0.15) is 43.1 Å². The van der Waals surface area contributed by atoms with Gasteiger partial charge in [0.15, 0.2) is 5.69 Å². The molecule has 0 aliphatic heterocycles. The fourth-order valence-corrected chi connectivity index (χ4v) is 2.16. The number of esters is 1. The molecule has 5 heteroatoms. The Hall–Kier alpha value is -1.52. The SMILES string of the molecule is CCOC(=O)c1coc(N(CC2CC2)CC2CC2)n1. The van der Waals surface area contributed by atoms with Crippen LogP contribution in [0.2, 0.25) is 0 Å². The first-order valence-electron chi connectivity index (χ1n) is 7.14. The maximum atomic E-state index is 11.6. The van der Waals surface area contributed by atoms with Crippen molar-refractivity contribution in [2.75, 3.05) is 24.6 Å². The quantitative estimate of drug-likeness (QED) is 0.708. The highest BCUT2D eigenvalue weighted by Crippen LogP contribution is 2.35. The molecule has 104 valence electrons. The molecule has 0 radical (unpaired) electrons. The van der Waals surface area contributed by atoms with Crippen molar-refractivity contribution >= 4 is 12.0 Å². The largest absolute Gasteiger partial charge is 0.461 e. The summed E-state index contributed by atoms with van der Waals surface area (Å²) in [5, 5.41) is 0. The lowest BCUT2D eigenvalue weighted by Gasteiger charge is -2.19. The Morgan fingerprint density at radius 1 is 1.37 bits per heavy atom. The molecule has 0 atom stereocenters. The van der Waals surface area contributed by atoms with Crippen molar-refractivity contribution in [1.82, 2.24) is 4.98 Å². The number of oxazole rings is 1. The lowest BCUT2D eigenvalue weighted by Crippen LogP contribution is -2.28. The van der Waals surface area contributed by atoms with Crippen LogP contribution >= 0.6 is 0 Å². The molecule has 19 heavy (non-hydrogen) atoms. The number of hydrogen-bond donors (Lipinski definition) is 0. The highest BCUT2D eigenvalue weighted by molar-refractivity contribution is 5.87. The van der Waals surface area contributed by atoms with Gasteiger partial charge >= 0.3 is 5.97 Å². The molecule has 0 amide bonds. The van der Waals surface area contributed by atoms with Crippen LogP contribution in [0.4, 0.5) is 6.01 Å². The Labute approximate surface area is 112 Å². The number of ether oxygens (including phenoxy) is 1. The first-order chi connectivity index (χ1) is 9.26. The molecule has 3 rings (SSSR count). The zero-order valence-electron chi connectivity index (χ0n) is 11.3. The highest BCUT2D eigenvalue weighted by atomic mass is 16.5. The second-order valence-corrected chi connectivity index (χ2v) is 5.53. The molecule has 0 saturated heterocycles. The summed E-state index contributed by atoms with van der Waals surface area (Å²) in [5.74, 6) is 1.14. The molecule has 2 saturated carbocycles. The van der Waals surface area contributed by atoms with Crippen LogP contribution in [0.3, 0.4) is 0 Å². The molecule has 5 nitrogen and oxygen atoms in total. The van der Waals surface area contributed by atoms with Gasteiger partial charge in [0.1, 0.15) is 6.26 Å². The Morgan fingerprint density at radius 3 is 2.53 bits per heavy atom. The molecule has 0 spiro atoms. The monoisotopic (exact) mass is 264 g/mol. The van der Waals surface area contributed by atoms with Gasteiger partial charge in [0, 0.05) is 13.1 Å². The number of aromatic nitrogens is 1. The zero-order valence-corrected chi connectivity index (χ0v) is 11.3. The van der Waals surface area contributed by atoms with Gasteiger partial charge in [-0.3, -0.25) is 0 Å². The molecule has 0 N–H and O–H groups in total. The Kier molecular flexibility index (Phi) is 3.44. The van der Waals surface area contributed by atoms with Crippen LogP contribution in [-0.4, -0.2) is 30.6 Å². The summed E-state index contributed by atoms with van der Waals surface area (Å²) < 4.78 is 10.4. The fourth-order valence-electron chi connectivity index (χ4n) is 2.16. The van der Waals surface area contributed by atoms with Crippen LogP contribution in [0.25, 0.3) is 0 Å². The predicted octanol–water partition coefficient (Wildman–Crippen LogP) is 2.48. The minimum atomic E-state index is -0.407. The van der Waals surface area contributed by atoms with Gasteiger partial charge in [-0.05, 0) is 44.4 Å². The number of hydrogen-bond acceptors (Lipinski definition) is 5. The number of rotatable bonds is 7. The molecular weight excluding hydrogens is 244 g/mol. The van der Waals surface area contributed by atoms with E-state index in [1.165, 1.54) is 31.9 Å². The van der Waals surface area contributed by atoms with E-state index in [-0.39, 0.29) is 5.69 Å². The van der Waals surface area contributed by atoms with Crippen molar-refractivity contribution in [3.63, 3.8) is 0 Å². The third-order valence-corrected chi connectivity index (χ3v) is 3.60. The summed E-state index contributed by atoms with van der Waals surface area (Å²) in [6.45, 7) is 4.14. The molecule has 1 aromatic rings. The second-order valence-electron chi connectivity index (χ2n) is 5.53. The van der Waals surface area contributed by atoms with Crippen molar-refractivity contribution < 1.29 is 13.9 Å². The van der Waals surface area contributed by atoms with Crippen molar-refractivity contribution in [2.24, 2.45) is 11.8 Å². The average molecular weight is 264 g/mol. The van der Waals surface area contributed by atoms with Crippen LogP contribution < -0.4 is 4.90 Å². The van der Waals surface area contributed by atoms with Crippen molar-refractivity contribution in [3.05, 3.63) is 12.0 Å². The van der Waals surface area contributed by atoms with E-state index < -0.39 is 5.97 Å². The average Bonchev–Trinajstić information content (AvgIpc) is 3.31. The molecule has 2 fully saturated rings. The first kappa shape index (κ1) is 12.5. The summed E-state index contributed by atoms with van der Waals surface area (Å²) in [6, 6.07) is 0.571. The minimum Gasteiger partial charge on any atom is -0.461 e. The smallest absolute Gasteiger partial charge is 0.360 e. The van der Waals surface area contributed by atoms with Gasteiger partial charge in [-0.15, -0.1) is 0 Å². The molecule has 2 aliphatic carbocycles. The van der Waals surface area contributed by atoms with E-state index in [2.05, 4.69) is 9.88 Å². The van der Waals surface area contributed by atoms with Crippen LogP contribution in [0.5, 0.6) is 0 Å². The van der Waals surface area contributed by atoms with Gasteiger partial charge in [0.25, 0.3) is 6.01 Å². The number of carbonyl (C=O) groups is 1. The van der Waals surface area contributed by atoms with Crippen molar-refractivity contribution in [3.8, 4) is 0 Å². The standard InChI is InChI=1S/C14H20N2O3/c1-2-18-13(17)12-9-19-14(15-12)16(7-10-3-4-10)8-11-5-6-11/h9-11H,2-8H2,1H3. The molecule has 0 bridgehead atoms. The van der Waals surface area contributed by atoms with Gasteiger partial charge < -0.3 is 14.1 Å². The minimum absolute atomic E-state index is 0.272. The van der Waals surface area contributed by atoms with Crippen LogP contribution in [-0.2, 0) is 4.74 Å². The van der Waals surface area contributed by atoms with Crippen molar-refractivity contribution in [1.29, 1.82) is 0 Å². The van der Waals surface area contributed by atoms with E-state index in [1.54, 1.807) is 6.92 Å². The fraction of sp³-hybridized carbons (Fsp3) is 0.714. The number of anilines is 1. The van der Waals surface area contributed by atoms with E-state index in [1.807, 2.05) is 0 Å². The Morgan fingerprint density at radius 2 is 2.00 bits per heavy atom. The molecule has 0 aromatic carbocycles. The third kappa shape index (κ3) is 3.28. The Balaban J connectivity index is 1.67. The maximum Gasteiger partial charge on any atom is 0.360 e. The molecule has 1 heterocycles. The number of carbonyl (C=O) groups excluding carboxylic acids is 1. The molecule has 2 aliphatic rings. The van der Waals surface area contributed by atoms with Crippen LogP contribution in [0.15, 0.2) is 10.7 Å². The second kappa shape index (κ2) is 5.23. The highest BCUT2D eigenvalue weighted by Gasteiger charge is 2.31. The Bertz CT molecular complexity index is 435. The van der Waals surface area contributed by atoms with Gasteiger partial charge in [0.2, 0.25) is 0 Å². The topological polar surface area (TPSA) is 55.6 Å². The normalized spacial score (nSPS) is 18.4. The molecule has 0 unspecified atom stereocenters. The summed E-state index contributed by atoms with van der Waals surface area (Å²) in [5.41, 5.74) is 0.272. The van der Waals surface area contributed by atoms with E-state index in [9.17, 15) is 4.79 Å². The predicted molar refractivity (Wildman–Crippen MR) is 70.1 cm³/mol. The van der Waals surface area contributed by atoms with Crippen LogP contribution in [0, 0.1) is 11.8 Å². The summed E-state index contributed by atoms with van der Waals surface area (Å²) in [6.07, 6.45) is 6.60. The van der Waals surface area contributed by atoms with Gasteiger partial charge in [-0.25, -0.2) is 4.79 Å². The lowest BCUT2D eigenvalue weighted by molar-refractivity contribution is 0.0519. The van der Waals surface area contributed by atoms with E-state index in [4.69, 9.17) is 9.15 Å². The summed E-state index contributed by atoms with van der Waals surface area (Å²) in [4.78, 5) is 18.1. The maximum absolute atomic E-state index is 11.6. The number of nitrogens with zero attached hydrogens (tertiary/aromatic N) is 2. The van der Waals surface area contributed by atoms with E-state index in [0.29, 0.717) is 12.6 Å². The van der Waals surface area contributed by atoms with E-state index >= 15 is 0 Å². The van der Waals surface area contributed by atoms with Gasteiger partial charge in [-0.2, -0.15) is 4.98 Å². The lowest BCUT2D eigenvalue weighted by atomic mass is 10.3. The summed E-state index contributed by atoms with van der Waals surface area (Å²) in [7, 11) is 0.